The molecule has 0 unspecified atom stereocenters. The topological polar surface area (TPSA) is 70.9 Å². The molecule has 1 heterocycles. The number of hydrogen-bond donors (Lipinski definition) is 3. The van der Waals surface area contributed by atoms with Gasteiger partial charge in [-0.1, -0.05) is 18.2 Å². The van der Waals surface area contributed by atoms with E-state index in [1.54, 1.807) is 24.3 Å². The molecular formula is C23H20ClF2N3O. The predicted octanol–water partition coefficient (Wildman–Crippen LogP) is 5.61. The van der Waals surface area contributed by atoms with E-state index >= 15 is 0 Å². The second-order valence-electron chi connectivity index (χ2n) is 7.74. The number of nitrogens with one attached hydrogen (secondary N) is 2. The van der Waals surface area contributed by atoms with Gasteiger partial charge in [-0.3, -0.25) is 4.79 Å². The van der Waals surface area contributed by atoms with Gasteiger partial charge in [0.2, 0.25) is 0 Å². The number of rotatable bonds is 3. The molecule has 1 aromatic heterocycles. The molecule has 4 nitrogen and oxygen atoms in total. The number of halogens is 3. The number of carbonyl (C=O) groups excluding carboxylic acids is 1. The first-order valence-corrected chi connectivity index (χ1v) is 9.54. The van der Waals surface area contributed by atoms with Crippen LogP contribution >= 0.6 is 12.4 Å². The van der Waals surface area contributed by atoms with Crippen molar-refractivity contribution in [2.45, 2.75) is 24.8 Å². The molecule has 3 aromatic carbocycles. The average molecular weight is 428 g/mol. The van der Waals surface area contributed by atoms with E-state index in [1.807, 2.05) is 18.2 Å². The molecule has 154 valence electrons. The van der Waals surface area contributed by atoms with Gasteiger partial charge in [-0.15, -0.1) is 12.4 Å². The summed E-state index contributed by atoms with van der Waals surface area (Å²) in [5.74, 6) is -2.02. The van der Waals surface area contributed by atoms with E-state index in [0.29, 0.717) is 27.7 Å². The van der Waals surface area contributed by atoms with Crippen LogP contribution in [0.3, 0.4) is 0 Å². The minimum Gasteiger partial charge on any atom is -0.354 e. The number of fused-ring (bicyclic) bond motifs is 3. The lowest BCUT2D eigenvalue weighted by atomic mass is 9.72. The van der Waals surface area contributed by atoms with Crippen LogP contribution in [-0.2, 0) is 5.54 Å². The van der Waals surface area contributed by atoms with Crippen LogP contribution in [0.15, 0.2) is 54.6 Å². The fraction of sp³-hybridized carbons (Fsp3) is 0.174. The zero-order valence-corrected chi connectivity index (χ0v) is 16.8. The van der Waals surface area contributed by atoms with Gasteiger partial charge in [0.1, 0.15) is 0 Å². The highest BCUT2D eigenvalue weighted by Crippen LogP contribution is 2.38. The minimum absolute atomic E-state index is 0. The van der Waals surface area contributed by atoms with Crippen LogP contribution < -0.4 is 11.1 Å². The van der Waals surface area contributed by atoms with Crippen LogP contribution in [0.2, 0.25) is 0 Å². The van der Waals surface area contributed by atoms with Gasteiger partial charge >= 0.3 is 0 Å². The highest BCUT2D eigenvalue weighted by molar-refractivity contribution is 6.10. The summed E-state index contributed by atoms with van der Waals surface area (Å²) in [4.78, 5) is 15.8. The molecule has 30 heavy (non-hydrogen) atoms. The predicted molar refractivity (Wildman–Crippen MR) is 117 cm³/mol. The lowest BCUT2D eigenvalue weighted by Crippen LogP contribution is -2.43. The summed E-state index contributed by atoms with van der Waals surface area (Å²) in [6.07, 6.45) is 2.96. The van der Waals surface area contributed by atoms with Gasteiger partial charge < -0.3 is 16.0 Å². The number of benzene rings is 3. The average Bonchev–Trinajstić information content (AvgIpc) is 3.03. The van der Waals surface area contributed by atoms with Crippen molar-refractivity contribution in [3.8, 4) is 0 Å². The molecule has 4 N–H and O–H groups in total. The Morgan fingerprint density at radius 1 is 0.967 bits per heavy atom. The molecular weight excluding hydrogens is 408 g/mol. The number of carbonyl (C=O) groups is 1. The number of H-pyrrole nitrogens is 1. The summed E-state index contributed by atoms with van der Waals surface area (Å²) in [5.41, 5.74) is 9.35. The molecule has 1 aliphatic carbocycles. The number of aromatic amines is 1. The molecule has 0 saturated heterocycles. The number of hydrogen-bond acceptors (Lipinski definition) is 2. The quantitative estimate of drug-likeness (QED) is 0.397. The van der Waals surface area contributed by atoms with E-state index in [-0.39, 0.29) is 23.9 Å². The van der Waals surface area contributed by atoms with Crippen molar-refractivity contribution in [3.05, 3.63) is 77.4 Å². The molecule has 7 heteroatoms. The van der Waals surface area contributed by atoms with Gasteiger partial charge in [-0.25, -0.2) is 8.78 Å². The normalized spacial score (nSPS) is 14.9. The van der Waals surface area contributed by atoms with E-state index in [4.69, 9.17) is 5.73 Å². The number of aromatic nitrogens is 1. The first-order chi connectivity index (χ1) is 13.9. The lowest BCUT2D eigenvalue weighted by molar-refractivity contribution is 0.102. The minimum atomic E-state index is -0.901. The van der Waals surface area contributed by atoms with Crippen molar-refractivity contribution in [1.29, 1.82) is 0 Å². The van der Waals surface area contributed by atoms with Crippen molar-refractivity contribution in [2.24, 2.45) is 5.73 Å². The van der Waals surface area contributed by atoms with Gasteiger partial charge in [-0.05, 0) is 55.2 Å². The Morgan fingerprint density at radius 3 is 2.43 bits per heavy atom. The van der Waals surface area contributed by atoms with Crippen molar-refractivity contribution in [2.75, 3.05) is 5.32 Å². The van der Waals surface area contributed by atoms with Crippen molar-refractivity contribution in [3.63, 3.8) is 0 Å². The van der Waals surface area contributed by atoms with Crippen LogP contribution in [0.5, 0.6) is 0 Å². The Labute approximate surface area is 177 Å². The van der Waals surface area contributed by atoms with Crippen LogP contribution in [0.4, 0.5) is 14.5 Å². The standard InChI is InChI=1S/C23H19F2N3O.ClH/c24-18-11-17-16-6-5-15(10-20(16)28-21(17)12-19(18)25)27-22(29)13-3-1-4-14(9-13)23(26)7-2-8-23;/h1,3-6,9-12,28H,2,7-8,26H2,(H,27,29);1H. The van der Waals surface area contributed by atoms with E-state index in [9.17, 15) is 13.6 Å². The molecule has 0 radical (unpaired) electrons. The Kier molecular flexibility index (Phi) is 5.00. The largest absolute Gasteiger partial charge is 0.354 e. The van der Waals surface area contributed by atoms with Gasteiger partial charge in [0.25, 0.3) is 5.91 Å². The SMILES string of the molecule is Cl.NC1(c2cccc(C(=O)Nc3ccc4c(c3)[nH]c3cc(F)c(F)cc34)c2)CCC1. The maximum Gasteiger partial charge on any atom is 0.255 e. The zero-order chi connectivity index (χ0) is 20.2. The van der Waals surface area contributed by atoms with E-state index in [2.05, 4.69) is 10.3 Å². The smallest absolute Gasteiger partial charge is 0.255 e. The van der Waals surface area contributed by atoms with Crippen LogP contribution in [0.1, 0.15) is 35.2 Å². The van der Waals surface area contributed by atoms with Gasteiger partial charge in [0.15, 0.2) is 11.6 Å². The monoisotopic (exact) mass is 427 g/mol. The highest BCUT2D eigenvalue weighted by atomic mass is 35.5. The first-order valence-electron chi connectivity index (χ1n) is 9.54. The summed E-state index contributed by atoms with van der Waals surface area (Å²) >= 11 is 0. The summed E-state index contributed by atoms with van der Waals surface area (Å²) in [5, 5.41) is 4.24. The summed E-state index contributed by atoms with van der Waals surface area (Å²) in [7, 11) is 0. The number of anilines is 1. The van der Waals surface area contributed by atoms with Gasteiger partial charge in [0, 0.05) is 44.7 Å². The lowest BCUT2D eigenvalue weighted by Gasteiger charge is -2.38. The third kappa shape index (κ3) is 3.32. The summed E-state index contributed by atoms with van der Waals surface area (Å²) < 4.78 is 27.1. The first kappa shape index (κ1) is 20.3. The number of nitrogens with two attached hydrogens (primary N) is 1. The van der Waals surface area contributed by atoms with Crippen LogP contribution in [-0.4, -0.2) is 10.9 Å². The van der Waals surface area contributed by atoms with Crippen LogP contribution in [0.25, 0.3) is 21.8 Å². The van der Waals surface area contributed by atoms with E-state index in [1.165, 1.54) is 6.07 Å². The molecule has 0 aliphatic heterocycles. The van der Waals surface area contributed by atoms with Crippen LogP contribution in [0, 0.1) is 11.6 Å². The summed E-state index contributed by atoms with van der Waals surface area (Å²) in [6.45, 7) is 0. The molecule has 0 bridgehead atoms. The fourth-order valence-corrected chi connectivity index (χ4v) is 4.00. The Morgan fingerprint density at radius 2 is 1.70 bits per heavy atom. The van der Waals surface area contributed by atoms with E-state index < -0.39 is 11.6 Å². The second kappa shape index (κ2) is 7.38. The van der Waals surface area contributed by atoms with E-state index in [0.717, 1.165) is 36.3 Å². The highest BCUT2D eigenvalue weighted by Gasteiger charge is 2.34. The number of amides is 1. The molecule has 5 rings (SSSR count). The maximum atomic E-state index is 13.6. The molecule has 1 aliphatic rings. The Balaban J connectivity index is 0.00000218. The molecule has 1 saturated carbocycles. The van der Waals surface area contributed by atoms with Gasteiger partial charge in [-0.2, -0.15) is 0 Å². The third-order valence-corrected chi connectivity index (χ3v) is 5.84. The Hall–Kier alpha value is -2.96. The zero-order valence-electron chi connectivity index (χ0n) is 16.0. The third-order valence-electron chi connectivity index (χ3n) is 5.84. The molecule has 0 atom stereocenters. The molecule has 1 fully saturated rings. The van der Waals surface area contributed by atoms with Crippen molar-refractivity contribution < 1.29 is 13.6 Å². The van der Waals surface area contributed by atoms with Gasteiger partial charge in [0.05, 0.1) is 0 Å². The molecule has 1 amide bonds. The fourth-order valence-electron chi connectivity index (χ4n) is 4.00. The molecule has 0 spiro atoms. The maximum absolute atomic E-state index is 13.6. The molecule has 4 aromatic rings. The Bertz CT molecular complexity index is 1280. The second-order valence-corrected chi connectivity index (χ2v) is 7.74. The van der Waals surface area contributed by atoms with Crippen molar-refractivity contribution in [1.82, 2.24) is 4.98 Å². The summed E-state index contributed by atoms with van der Waals surface area (Å²) in [6, 6.07) is 15.0. The van der Waals surface area contributed by atoms with Crippen molar-refractivity contribution >= 4 is 45.8 Å².